The first-order chi connectivity index (χ1) is 15.3. The standard InChI is InChI=1S/C28H25NO3/c1-28(2,3)19-15-13-18(14-16-19)22-17-24(30)32-26-21-11-7-8-12-23(21)29(27(31)25(22)26)20-9-5-4-6-10-20/h4-16,22H,17H2,1-3H3. The van der Waals surface area contributed by atoms with Crippen LogP contribution in [-0.2, 0) is 10.2 Å². The van der Waals surface area contributed by atoms with E-state index in [9.17, 15) is 9.59 Å². The van der Waals surface area contributed by atoms with Gasteiger partial charge in [0.25, 0.3) is 5.56 Å². The number of hydrogen-bond acceptors (Lipinski definition) is 3. The molecule has 1 aliphatic heterocycles. The summed E-state index contributed by atoms with van der Waals surface area (Å²) in [6.07, 6.45) is 0.143. The highest BCUT2D eigenvalue weighted by atomic mass is 16.5. The molecule has 2 heterocycles. The van der Waals surface area contributed by atoms with Crippen molar-refractivity contribution in [3.63, 3.8) is 0 Å². The van der Waals surface area contributed by atoms with Gasteiger partial charge >= 0.3 is 5.97 Å². The lowest BCUT2D eigenvalue weighted by atomic mass is 9.82. The molecule has 0 saturated carbocycles. The van der Waals surface area contributed by atoms with Crippen molar-refractivity contribution in [1.29, 1.82) is 0 Å². The van der Waals surface area contributed by atoms with Crippen molar-refractivity contribution < 1.29 is 9.53 Å². The average molecular weight is 424 g/mol. The van der Waals surface area contributed by atoms with E-state index in [0.717, 1.165) is 22.2 Å². The molecular formula is C28H25NO3. The third-order valence-electron chi connectivity index (χ3n) is 6.20. The van der Waals surface area contributed by atoms with Crippen LogP contribution in [0.25, 0.3) is 16.6 Å². The predicted molar refractivity (Wildman–Crippen MR) is 127 cm³/mol. The van der Waals surface area contributed by atoms with E-state index < -0.39 is 0 Å². The molecule has 0 fully saturated rings. The number of pyridine rings is 1. The first kappa shape index (κ1) is 20.3. The van der Waals surface area contributed by atoms with Gasteiger partial charge in [0.05, 0.1) is 17.5 Å². The fourth-order valence-corrected chi connectivity index (χ4v) is 4.51. The van der Waals surface area contributed by atoms with Crippen LogP contribution < -0.4 is 10.3 Å². The largest absolute Gasteiger partial charge is 0.425 e. The van der Waals surface area contributed by atoms with Gasteiger partial charge in [0.1, 0.15) is 5.75 Å². The van der Waals surface area contributed by atoms with E-state index >= 15 is 0 Å². The maximum Gasteiger partial charge on any atom is 0.312 e. The minimum Gasteiger partial charge on any atom is -0.425 e. The Morgan fingerprint density at radius 1 is 0.844 bits per heavy atom. The van der Waals surface area contributed by atoms with Crippen molar-refractivity contribution >= 4 is 16.9 Å². The second-order valence-corrected chi connectivity index (χ2v) is 9.34. The molecule has 0 N–H and O–H groups in total. The molecule has 0 amide bonds. The van der Waals surface area contributed by atoms with Crippen molar-refractivity contribution in [3.05, 3.63) is 106 Å². The summed E-state index contributed by atoms with van der Waals surface area (Å²) < 4.78 is 7.42. The monoisotopic (exact) mass is 423 g/mol. The molecule has 3 aromatic carbocycles. The Kier molecular flexibility index (Phi) is 4.74. The molecule has 4 aromatic rings. The van der Waals surface area contributed by atoms with Crippen molar-refractivity contribution in [2.75, 3.05) is 0 Å². The van der Waals surface area contributed by atoms with E-state index in [1.165, 1.54) is 5.56 Å². The van der Waals surface area contributed by atoms with Gasteiger partial charge in [0, 0.05) is 17.0 Å². The number of rotatable bonds is 2. The Bertz CT molecular complexity index is 1380. The molecule has 0 saturated heterocycles. The second-order valence-electron chi connectivity index (χ2n) is 9.34. The minimum absolute atomic E-state index is 0.0260. The molecule has 4 nitrogen and oxygen atoms in total. The third-order valence-corrected chi connectivity index (χ3v) is 6.20. The molecule has 1 aromatic heterocycles. The summed E-state index contributed by atoms with van der Waals surface area (Å²) in [5.74, 6) is -0.282. The van der Waals surface area contributed by atoms with Crippen LogP contribution >= 0.6 is 0 Å². The Morgan fingerprint density at radius 3 is 2.19 bits per heavy atom. The highest BCUT2D eigenvalue weighted by molar-refractivity contribution is 5.92. The third kappa shape index (κ3) is 3.32. The smallest absolute Gasteiger partial charge is 0.312 e. The van der Waals surface area contributed by atoms with Gasteiger partial charge in [-0.05, 0) is 40.8 Å². The van der Waals surface area contributed by atoms with E-state index in [0.29, 0.717) is 11.3 Å². The number of benzene rings is 3. The number of esters is 1. The SMILES string of the molecule is CC(C)(C)c1ccc(C2CC(=O)Oc3c2c(=O)n(-c2ccccc2)c2ccccc32)cc1. The molecule has 32 heavy (non-hydrogen) atoms. The number of carbonyl (C=O) groups excluding carboxylic acids is 1. The van der Waals surface area contributed by atoms with Crippen molar-refractivity contribution in [2.45, 2.75) is 38.5 Å². The molecule has 0 spiro atoms. The second kappa shape index (κ2) is 7.49. The quantitative estimate of drug-likeness (QED) is 0.387. The first-order valence-electron chi connectivity index (χ1n) is 10.9. The highest BCUT2D eigenvalue weighted by Crippen LogP contribution is 2.41. The number of nitrogens with zero attached hydrogens (tertiary/aromatic N) is 1. The summed E-state index contributed by atoms with van der Waals surface area (Å²) in [4.78, 5) is 26.5. The Labute approximate surface area is 187 Å². The van der Waals surface area contributed by atoms with Crippen LogP contribution in [0.4, 0.5) is 0 Å². The fraction of sp³-hybridized carbons (Fsp3) is 0.214. The number of carbonyl (C=O) groups is 1. The van der Waals surface area contributed by atoms with Gasteiger partial charge in [-0.25, -0.2) is 0 Å². The van der Waals surface area contributed by atoms with Crippen LogP contribution in [-0.4, -0.2) is 10.5 Å². The van der Waals surface area contributed by atoms with E-state index in [2.05, 4.69) is 32.9 Å². The van der Waals surface area contributed by atoms with Crippen LogP contribution in [0.5, 0.6) is 5.75 Å². The van der Waals surface area contributed by atoms with Crippen LogP contribution in [0.1, 0.15) is 49.8 Å². The van der Waals surface area contributed by atoms with Crippen molar-refractivity contribution in [3.8, 4) is 11.4 Å². The number of para-hydroxylation sites is 2. The van der Waals surface area contributed by atoms with Crippen LogP contribution in [0, 0.1) is 0 Å². The Balaban J connectivity index is 1.79. The summed E-state index contributed by atoms with van der Waals surface area (Å²) in [5.41, 5.74) is 4.08. The molecular weight excluding hydrogens is 398 g/mol. The van der Waals surface area contributed by atoms with E-state index in [4.69, 9.17) is 4.74 Å². The Morgan fingerprint density at radius 2 is 1.50 bits per heavy atom. The summed E-state index contributed by atoms with van der Waals surface area (Å²) in [7, 11) is 0. The van der Waals surface area contributed by atoms with Crippen molar-refractivity contribution in [1.82, 2.24) is 4.57 Å². The van der Waals surface area contributed by atoms with Gasteiger partial charge < -0.3 is 4.74 Å². The molecule has 5 rings (SSSR count). The van der Waals surface area contributed by atoms with E-state index in [-0.39, 0.29) is 29.3 Å². The fourth-order valence-electron chi connectivity index (χ4n) is 4.51. The highest BCUT2D eigenvalue weighted by Gasteiger charge is 2.34. The number of fused-ring (bicyclic) bond motifs is 3. The molecule has 0 aliphatic carbocycles. The van der Waals surface area contributed by atoms with Gasteiger partial charge in [0.15, 0.2) is 0 Å². The first-order valence-corrected chi connectivity index (χ1v) is 10.9. The molecule has 4 heteroatoms. The van der Waals surface area contributed by atoms with Gasteiger partial charge in [-0.15, -0.1) is 0 Å². The lowest BCUT2D eigenvalue weighted by Gasteiger charge is -2.27. The van der Waals surface area contributed by atoms with Gasteiger partial charge in [-0.2, -0.15) is 0 Å². The van der Waals surface area contributed by atoms with E-state index in [1.807, 2.05) is 66.7 Å². The maximum absolute atomic E-state index is 13.9. The number of ether oxygens (including phenoxy) is 1. The summed E-state index contributed by atoms with van der Waals surface area (Å²) in [6, 6.07) is 25.4. The average Bonchev–Trinajstić information content (AvgIpc) is 2.79. The topological polar surface area (TPSA) is 48.3 Å². The summed E-state index contributed by atoms with van der Waals surface area (Å²) in [6.45, 7) is 6.50. The molecule has 0 bridgehead atoms. The Hall–Kier alpha value is -3.66. The van der Waals surface area contributed by atoms with Crippen LogP contribution in [0.2, 0.25) is 0 Å². The van der Waals surface area contributed by atoms with Gasteiger partial charge in [0.2, 0.25) is 0 Å². The molecule has 0 radical (unpaired) electrons. The zero-order valence-electron chi connectivity index (χ0n) is 18.5. The maximum atomic E-state index is 13.9. The van der Waals surface area contributed by atoms with Crippen molar-refractivity contribution in [2.24, 2.45) is 0 Å². The minimum atomic E-state index is -0.354. The zero-order valence-corrected chi connectivity index (χ0v) is 18.5. The van der Waals surface area contributed by atoms with Gasteiger partial charge in [-0.1, -0.05) is 75.4 Å². The molecule has 1 aliphatic rings. The summed E-state index contributed by atoms with van der Waals surface area (Å²) in [5, 5.41) is 0.760. The normalized spacial score (nSPS) is 16.0. The van der Waals surface area contributed by atoms with Gasteiger partial charge in [-0.3, -0.25) is 14.2 Å². The van der Waals surface area contributed by atoms with E-state index in [1.54, 1.807) is 4.57 Å². The van der Waals surface area contributed by atoms with Crippen LogP contribution in [0.15, 0.2) is 83.7 Å². The molecule has 1 atom stereocenters. The predicted octanol–water partition coefficient (Wildman–Crippen LogP) is 5.73. The lowest BCUT2D eigenvalue weighted by molar-refractivity contribution is -0.135. The molecule has 160 valence electrons. The lowest BCUT2D eigenvalue weighted by Crippen LogP contribution is -2.32. The van der Waals surface area contributed by atoms with Crippen LogP contribution in [0.3, 0.4) is 0 Å². The molecule has 1 unspecified atom stereocenters. The summed E-state index contributed by atoms with van der Waals surface area (Å²) >= 11 is 0. The zero-order chi connectivity index (χ0) is 22.5. The number of aromatic nitrogens is 1. The number of hydrogen-bond donors (Lipinski definition) is 0.